The van der Waals surface area contributed by atoms with Crippen LogP contribution < -0.4 is 4.74 Å². The summed E-state index contributed by atoms with van der Waals surface area (Å²) in [5.41, 5.74) is 0. The van der Waals surface area contributed by atoms with E-state index in [0.29, 0.717) is 11.6 Å². The van der Waals surface area contributed by atoms with Crippen LogP contribution in [-0.2, 0) is 6.61 Å². The second-order valence-electron chi connectivity index (χ2n) is 3.66. The van der Waals surface area contributed by atoms with E-state index in [-0.39, 0.29) is 12.7 Å². The Morgan fingerprint density at radius 3 is 3.18 bits per heavy atom. The number of hydrogen-bond donors (Lipinski definition) is 2. The molecule has 1 atom stereocenters. The van der Waals surface area contributed by atoms with Crippen LogP contribution in [0.4, 0.5) is 0 Å². The number of fused-ring (bicyclic) bond motifs is 1. The number of aliphatic hydroxyl groups excluding tert-OH is 1. The highest BCUT2D eigenvalue weighted by Gasteiger charge is 2.24. The average molecular weight is 249 g/mol. The summed E-state index contributed by atoms with van der Waals surface area (Å²) in [5, 5.41) is 15.7. The molecule has 0 amide bonds. The van der Waals surface area contributed by atoms with E-state index in [2.05, 4.69) is 15.2 Å². The molecular weight excluding hydrogens is 238 g/mol. The summed E-state index contributed by atoms with van der Waals surface area (Å²) in [7, 11) is 0. The van der Waals surface area contributed by atoms with Gasteiger partial charge in [-0.15, -0.1) is 11.8 Å². The second-order valence-corrected chi connectivity index (χ2v) is 4.72. The fraction of sp³-hybridized carbons (Fsp3) is 0.273. The molecule has 1 aromatic heterocycles. The largest absolute Gasteiger partial charge is 0.480 e. The van der Waals surface area contributed by atoms with Crippen molar-refractivity contribution in [3.05, 3.63) is 35.9 Å². The van der Waals surface area contributed by atoms with Crippen molar-refractivity contribution in [1.29, 1.82) is 0 Å². The summed E-state index contributed by atoms with van der Waals surface area (Å²) in [6.07, 6.45) is -0.161. The molecule has 2 N–H and O–H groups in total. The first kappa shape index (κ1) is 10.6. The van der Waals surface area contributed by atoms with Crippen LogP contribution >= 0.6 is 11.8 Å². The summed E-state index contributed by atoms with van der Waals surface area (Å²) in [6.45, 7) is -0.135. The number of aliphatic hydroxyl groups is 1. The predicted octanol–water partition coefficient (Wildman–Crippen LogP) is 1.52. The molecule has 0 spiro atoms. The van der Waals surface area contributed by atoms with Crippen LogP contribution in [0, 0.1) is 0 Å². The van der Waals surface area contributed by atoms with Crippen LogP contribution in [-0.4, -0.2) is 26.0 Å². The number of para-hydroxylation sites is 1. The lowest BCUT2D eigenvalue weighted by atomic mass is 10.3. The summed E-state index contributed by atoms with van der Waals surface area (Å²) in [5.74, 6) is 2.70. The van der Waals surface area contributed by atoms with E-state index >= 15 is 0 Å². The Kier molecular flexibility index (Phi) is 2.74. The predicted molar refractivity (Wildman–Crippen MR) is 62.8 cm³/mol. The Labute approximate surface area is 102 Å². The fourth-order valence-electron chi connectivity index (χ4n) is 1.67. The molecule has 1 aliphatic heterocycles. The Morgan fingerprint density at radius 1 is 1.47 bits per heavy atom. The molecule has 0 bridgehead atoms. The number of hydrogen-bond acceptors (Lipinski definition) is 5. The molecule has 1 unspecified atom stereocenters. The molecule has 0 aliphatic carbocycles. The van der Waals surface area contributed by atoms with Crippen molar-refractivity contribution >= 4 is 11.8 Å². The molecule has 2 heterocycles. The van der Waals surface area contributed by atoms with Crippen LogP contribution in [0.5, 0.6) is 5.75 Å². The Bertz CT molecular complexity index is 529. The SMILES string of the molecule is OCc1nc(C2CSc3ccccc3O2)n[nH]1. The minimum atomic E-state index is -0.161. The molecule has 0 radical (unpaired) electrons. The molecule has 0 fully saturated rings. The van der Waals surface area contributed by atoms with Crippen LogP contribution in [0.25, 0.3) is 0 Å². The van der Waals surface area contributed by atoms with Crippen molar-refractivity contribution in [3.63, 3.8) is 0 Å². The summed E-state index contributed by atoms with van der Waals surface area (Å²) < 4.78 is 5.83. The van der Waals surface area contributed by atoms with E-state index in [1.54, 1.807) is 11.8 Å². The van der Waals surface area contributed by atoms with E-state index in [9.17, 15) is 0 Å². The molecule has 2 aromatic rings. The normalized spacial score (nSPS) is 18.5. The molecule has 3 rings (SSSR count). The number of benzene rings is 1. The van der Waals surface area contributed by atoms with Crippen molar-refractivity contribution in [2.45, 2.75) is 17.6 Å². The van der Waals surface area contributed by atoms with Gasteiger partial charge >= 0.3 is 0 Å². The third kappa shape index (κ3) is 2.01. The zero-order valence-corrected chi connectivity index (χ0v) is 9.78. The quantitative estimate of drug-likeness (QED) is 0.844. The zero-order valence-electron chi connectivity index (χ0n) is 8.96. The van der Waals surface area contributed by atoms with Crippen molar-refractivity contribution in [3.8, 4) is 5.75 Å². The molecule has 6 heteroatoms. The second kappa shape index (κ2) is 4.38. The lowest BCUT2D eigenvalue weighted by Gasteiger charge is -2.23. The van der Waals surface area contributed by atoms with Crippen molar-refractivity contribution in [2.24, 2.45) is 0 Å². The van der Waals surface area contributed by atoms with Gasteiger partial charge in [-0.1, -0.05) is 12.1 Å². The summed E-state index contributed by atoms with van der Waals surface area (Å²) in [4.78, 5) is 5.31. The number of aromatic nitrogens is 3. The van der Waals surface area contributed by atoms with Gasteiger partial charge in [-0.2, -0.15) is 5.10 Å². The minimum absolute atomic E-state index is 0.135. The van der Waals surface area contributed by atoms with Gasteiger partial charge in [0.05, 0.1) is 0 Å². The highest BCUT2D eigenvalue weighted by molar-refractivity contribution is 7.99. The Balaban J connectivity index is 1.84. The number of H-pyrrole nitrogens is 1. The van der Waals surface area contributed by atoms with Gasteiger partial charge in [0.25, 0.3) is 0 Å². The van der Waals surface area contributed by atoms with Crippen LogP contribution in [0.15, 0.2) is 29.2 Å². The molecule has 0 saturated carbocycles. The molecule has 0 saturated heterocycles. The van der Waals surface area contributed by atoms with Crippen LogP contribution in [0.3, 0.4) is 0 Å². The smallest absolute Gasteiger partial charge is 0.192 e. The molecule has 1 aliphatic rings. The lowest BCUT2D eigenvalue weighted by Crippen LogP contribution is -2.16. The maximum atomic E-state index is 8.93. The third-order valence-corrected chi connectivity index (χ3v) is 3.61. The van der Waals surface area contributed by atoms with E-state index in [0.717, 1.165) is 16.4 Å². The monoisotopic (exact) mass is 249 g/mol. The van der Waals surface area contributed by atoms with Crippen molar-refractivity contribution in [2.75, 3.05) is 5.75 Å². The van der Waals surface area contributed by atoms with Crippen LogP contribution in [0.2, 0.25) is 0 Å². The first-order chi connectivity index (χ1) is 8.36. The van der Waals surface area contributed by atoms with Crippen LogP contribution in [0.1, 0.15) is 17.8 Å². The van der Waals surface area contributed by atoms with E-state index in [4.69, 9.17) is 9.84 Å². The van der Waals surface area contributed by atoms with Crippen molar-refractivity contribution in [1.82, 2.24) is 15.2 Å². The maximum absolute atomic E-state index is 8.93. The number of ether oxygens (including phenoxy) is 1. The number of aromatic amines is 1. The van der Waals surface area contributed by atoms with Gasteiger partial charge in [0.1, 0.15) is 18.2 Å². The number of rotatable bonds is 2. The van der Waals surface area contributed by atoms with Gasteiger partial charge in [0.2, 0.25) is 0 Å². The van der Waals surface area contributed by atoms with E-state index in [1.165, 1.54) is 0 Å². The van der Waals surface area contributed by atoms with Gasteiger partial charge in [0, 0.05) is 10.6 Å². The minimum Gasteiger partial charge on any atom is -0.480 e. The number of nitrogens with one attached hydrogen (secondary N) is 1. The molecule has 5 nitrogen and oxygen atoms in total. The maximum Gasteiger partial charge on any atom is 0.192 e. The Morgan fingerprint density at radius 2 is 2.35 bits per heavy atom. The molecule has 17 heavy (non-hydrogen) atoms. The van der Waals surface area contributed by atoms with Gasteiger partial charge in [-0.05, 0) is 12.1 Å². The number of thioether (sulfide) groups is 1. The molecular formula is C11H11N3O2S. The van der Waals surface area contributed by atoms with E-state index in [1.807, 2.05) is 24.3 Å². The molecule has 1 aromatic carbocycles. The average Bonchev–Trinajstić information content (AvgIpc) is 2.87. The van der Waals surface area contributed by atoms with Gasteiger partial charge in [0.15, 0.2) is 11.9 Å². The Hall–Kier alpha value is -1.53. The zero-order chi connectivity index (χ0) is 11.7. The highest BCUT2D eigenvalue weighted by atomic mass is 32.2. The van der Waals surface area contributed by atoms with Gasteiger partial charge < -0.3 is 9.84 Å². The number of nitrogens with zero attached hydrogens (tertiary/aromatic N) is 2. The van der Waals surface area contributed by atoms with Gasteiger partial charge in [-0.25, -0.2) is 4.98 Å². The topological polar surface area (TPSA) is 71.0 Å². The fourth-order valence-corrected chi connectivity index (χ4v) is 2.65. The summed E-state index contributed by atoms with van der Waals surface area (Å²) in [6, 6.07) is 7.91. The third-order valence-electron chi connectivity index (χ3n) is 2.50. The summed E-state index contributed by atoms with van der Waals surface area (Å²) >= 11 is 1.73. The standard InChI is InChI=1S/C11H11N3O2S/c15-5-10-12-11(14-13-10)8-6-17-9-4-2-1-3-7(9)16-8/h1-4,8,15H,5-6H2,(H,12,13,14). The first-order valence-corrected chi connectivity index (χ1v) is 6.26. The van der Waals surface area contributed by atoms with E-state index < -0.39 is 0 Å². The molecule has 88 valence electrons. The highest BCUT2D eigenvalue weighted by Crippen LogP contribution is 2.39. The lowest BCUT2D eigenvalue weighted by molar-refractivity contribution is 0.210. The van der Waals surface area contributed by atoms with Gasteiger partial charge in [-0.3, -0.25) is 5.10 Å². The van der Waals surface area contributed by atoms with Crippen molar-refractivity contribution < 1.29 is 9.84 Å². The first-order valence-electron chi connectivity index (χ1n) is 5.27.